The highest BCUT2D eigenvalue weighted by atomic mass is 32.2. The van der Waals surface area contributed by atoms with Gasteiger partial charge in [0.15, 0.2) is 5.78 Å². The van der Waals surface area contributed by atoms with Gasteiger partial charge in [-0.2, -0.15) is 0 Å². The predicted octanol–water partition coefficient (Wildman–Crippen LogP) is 5.70. The van der Waals surface area contributed by atoms with Gasteiger partial charge in [-0.1, -0.05) is 90.6 Å². The number of Topliss-reactive ketones (excluding diaryl/α,β-unsaturated/α-hetero) is 1. The van der Waals surface area contributed by atoms with Gasteiger partial charge in [0, 0.05) is 10.5 Å². The Morgan fingerprint density at radius 2 is 1.22 bits per heavy atom. The Balaban J connectivity index is 1.96. The minimum Gasteiger partial charge on any atom is -0.288 e. The van der Waals surface area contributed by atoms with Crippen LogP contribution in [0.15, 0.2) is 101 Å². The molecular formula is C21H16OS. The van der Waals surface area contributed by atoms with Gasteiger partial charge in [-0.05, 0) is 23.8 Å². The van der Waals surface area contributed by atoms with E-state index in [0.717, 1.165) is 10.5 Å². The normalized spacial score (nSPS) is 11.2. The van der Waals surface area contributed by atoms with Crippen LogP contribution in [-0.4, -0.2) is 5.78 Å². The average molecular weight is 316 g/mol. The van der Waals surface area contributed by atoms with Crippen molar-refractivity contribution in [2.45, 2.75) is 4.90 Å². The summed E-state index contributed by atoms with van der Waals surface area (Å²) in [7, 11) is 0. The topological polar surface area (TPSA) is 17.1 Å². The Bertz CT molecular complexity index is 793. The lowest BCUT2D eigenvalue weighted by molar-refractivity contribution is 0.104. The molecule has 23 heavy (non-hydrogen) atoms. The fourth-order valence-corrected chi connectivity index (χ4v) is 3.14. The zero-order valence-corrected chi connectivity index (χ0v) is 13.4. The van der Waals surface area contributed by atoms with Gasteiger partial charge in [0.25, 0.3) is 0 Å². The highest BCUT2D eigenvalue weighted by Crippen LogP contribution is 2.30. The van der Waals surface area contributed by atoms with Crippen molar-refractivity contribution in [3.05, 3.63) is 107 Å². The molecule has 3 aromatic carbocycles. The molecule has 0 spiro atoms. The Labute approximate surface area is 140 Å². The van der Waals surface area contributed by atoms with E-state index in [4.69, 9.17) is 0 Å². The number of benzene rings is 3. The summed E-state index contributed by atoms with van der Waals surface area (Å²) in [6.07, 6.45) is 1.95. The summed E-state index contributed by atoms with van der Waals surface area (Å²) < 4.78 is 0. The molecule has 0 aliphatic carbocycles. The number of hydrogen-bond donors (Lipinski definition) is 0. The summed E-state index contributed by atoms with van der Waals surface area (Å²) in [5.41, 5.74) is 1.73. The first kappa shape index (κ1) is 15.3. The maximum absolute atomic E-state index is 12.9. The molecule has 0 atom stereocenters. The molecule has 0 saturated carbocycles. The molecule has 0 amide bonds. The van der Waals surface area contributed by atoms with E-state index in [2.05, 4.69) is 0 Å². The summed E-state index contributed by atoms with van der Waals surface area (Å²) in [6, 6.07) is 29.3. The third-order valence-corrected chi connectivity index (χ3v) is 4.36. The van der Waals surface area contributed by atoms with E-state index in [1.807, 2.05) is 97.1 Å². The van der Waals surface area contributed by atoms with Gasteiger partial charge in [0.1, 0.15) is 0 Å². The largest absolute Gasteiger partial charge is 0.288 e. The van der Waals surface area contributed by atoms with Crippen LogP contribution in [-0.2, 0) is 0 Å². The first-order valence-corrected chi connectivity index (χ1v) is 8.24. The highest BCUT2D eigenvalue weighted by Gasteiger charge is 2.13. The van der Waals surface area contributed by atoms with E-state index in [9.17, 15) is 4.79 Å². The summed E-state index contributed by atoms with van der Waals surface area (Å²) in [5, 5.41) is 0. The van der Waals surface area contributed by atoms with Crippen LogP contribution in [0.3, 0.4) is 0 Å². The molecule has 3 rings (SSSR count). The van der Waals surface area contributed by atoms with Crippen molar-refractivity contribution in [3.63, 3.8) is 0 Å². The maximum atomic E-state index is 12.9. The van der Waals surface area contributed by atoms with Crippen molar-refractivity contribution >= 4 is 23.6 Å². The van der Waals surface area contributed by atoms with Crippen LogP contribution in [0.1, 0.15) is 15.9 Å². The van der Waals surface area contributed by atoms with Crippen molar-refractivity contribution in [3.8, 4) is 0 Å². The number of rotatable bonds is 5. The van der Waals surface area contributed by atoms with Crippen LogP contribution in [0.25, 0.3) is 6.08 Å². The lowest BCUT2D eigenvalue weighted by atomic mass is 10.1. The van der Waals surface area contributed by atoms with Crippen LogP contribution in [0.5, 0.6) is 0 Å². The smallest absolute Gasteiger partial charge is 0.199 e. The first-order valence-electron chi connectivity index (χ1n) is 7.42. The van der Waals surface area contributed by atoms with E-state index in [1.54, 1.807) is 0 Å². The summed E-state index contributed by atoms with van der Waals surface area (Å²) in [4.78, 5) is 14.6. The molecule has 0 N–H and O–H groups in total. The lowest BCUT2D eigenvalue weighted by Crippen LogP contribution is -2.00. The van der Waals surface area contributed by atoms with Gasteiger partial charge in [0.05, 0.1) is 4.91 Å². The van der Waals surface area contributed by atoms with Gasteiger partial charge in [-0.3, -0.25) is 4.79 Å². The first-order chi connectivity index (χ1) is 11.3. The van der Waals surface area contributed by atoms with Crippen molar-refractivity contribution in [2.75, 3.05) is 0 Å². The van der Waals surface area contributed by atoms with Gasteiger partial charge in [0.2, 0.25) is 0 Å². The monoisotopic (exact) mass is 316 g/mol. The van der Waals surface area contributed by atoms with Gasteiger partial charge >= 0.3 is 0 Å². The second-order valence-electron chi connectivity index (χ2n) is 5.03. The van der Waals surface area contributed by atoms with E-state index in [1.165, 1.54) is 11.8 Å². The van der Waals surface area contributed by atoms with E-state index < -0.39 is 0 Å². The Hall–Kier alpha value is -2.58. The Kier molecular flexibility index (Phi) is 5.07. The van der Waals surface area contributed by atoms with Crippen molar-refractivity contribution in [2.24, 2.45) is 0 Å². The summed E-state index contributed by atoms with van der Waals surface area (Å²) in [5.74, 6) is 0.0447. The average Bonchev–Trinajstić information content (AvgIpc) is 2.63. The zero-order valence-electron chi connectivity index (χ0n) is 12.6. The Morgan fingerprint density at radius 1 is 0.696 bits per heavy atom. The van der Waals surface area contributed by atoms with Crippen LogP contribution in [0.2, 0.25) is 0 Å². The Morgan fingerprint density at radius 3 is 1.83 bits per heavy atom. The lowest BCUT2D eigenvalue weighted by Gasteiger charge is -2.07. The molecule has 0 heterocycles. The van der Waals surface area contributed by atoms with E-state index in [-0.39, 0.29) is 5.78 Å². The van der Waals surface area contributed by atoms with Gasteiger partial charge in [-0.15, -0.1) is 0 Å². The number of hydrogen-bond acceptors (Lipinski definition) is 2. The molecule has 0 bridgehead atoms. The molecule has 0 aliphatic heterocycles. The van der Waals surface area contributed by atoms with E-state index in [0.29, 0.717) is 10.5 Å². The fraction of sp³-hybridized carbons (Fsp3) is 0. The zero-order chi connectivity index (χ0) is 15.9. The molecule has 2 heteroatoms. The third-order valence-electron chi connectivity index (χ3n) is 3.33. The number of carbonyl (C=O) groups is 1. The second-order valence-corrected chi connectivity index (χ2v) is 6.14. The van der Waals surface area contributed by atoms with Crippen LogP contribution in [0, 0.1) is 0 Å². The SMILES string of the molecule is O=C(/C(=C/c1ccccc1)Sc1ccccc1)c1ccccc1. The van der Waals surface area contributed by atoms with Crippen molar-refractivity contribution < 1.29 is 4.79 Å². The summed E-state index contributed by atoms with van der Waals surface area (Å²) in [6.45, 7) is 0. The summed E-state index contributed by atoms with van der Waals surface area (Å²) >= 11 is 1.50. The quantitative estimate of drug-likeness (QED) is 0.341. The van der Waals surface area contributed by atoms with Crippen LogP contribution >= 0.6 is 11.8 Å². The highest BCUT2D eigenvalue weighted by molar-refractivity contribution is 8.04. The maximum Gasteiger partial charge on any atom is 0.199 e. The molecule has 112 valence electrons. The third kappa shape index (κ3) is 4.21. The predicted molar refractivity (Wildman–Crippen MR) is 97.5 cm³/mol. The molecule has 0 fully saturated rings. The van der Waals surface area contributed by atoms with Crippen LogP contribution in [0.4, 0.5) is 0 Å². The number of allylic oxidation sites excluding steroid dienone is 1. The molecule has 0 saturated heterocycles. The molecule has 1 nitrogen and oxygen atoms in total. The van der Waals surface area contributed by atoms with Crippen molar-refractivity contribution in [1.29, 1.82) is 0 Å². The standard InChI is InChI=1S/C21H16OS/c22-21(18-12-6-2-7-13-18)20(16-17-10-4-1-5-11-17)23-19-14-8-3-9-15-19/h1-16H/b20-16-. The van der Waals surface area contributed by atoms with E-state index >= 15 is 0 Å². The second kappa shape index (κ2) is 7.61. The van der Waals surface area contributed by atoms with Gasteiger partial charge in [-0.25, -0.2) is 0 Å². The minimum atomic E-state index is 0.0447. The molecular weight excluding hydrogens is 300 g/mol. The number of carbonyl (C=O) groups excluding carboxylic acids is 1. The van der Waals surface area contributed by atoms with Gasteiger partial charge < -0.3 is 0 Å². The molecule has 0 radical (unpaired) electrons. The van der Waals surface area contributed by atoms with Crippen LogP contribution < -0.4 is 0 Å². The molecule has 0 unspecified atom stereocenters. The minimum absolute atomic E-state index is 0.0447. The van der Waals surface area contributed by atoms with Crippen molar-refractivity contribution in [1.82, 2.24) is 0 Å². The molecule has 0 aromatic heterocycles. The number of ketones is 1. The fourth-order valence-electron chi connectivity index (χ4n) is 2.19. The molecule has 3 aromatic rings. The number of thioether (sulfide) groups is 1. The molecule has 0 aliphatic rings.